The number of anilines is 1. The molecule has 0 bridgehead atoms. The van der Waals surface area contributed by atoms with Crippen LogP contribution in [0.2, 0.25) is 10.0 Å². The smallest absolute Gasteiger partial charge is 0.418 e. The maximum atomic E-state index is 12.8. The molecule has 1 N–H and O–H groups in total. The van der Waals surface area contributed by atoms with E-state index in [9.17, 15) is 14.7 Å². The van der Waals surface area contributed by atoms with Crippen LogP contribution in [0.4, 0.5) is 9.93 Å². The lowest BCUT2D eigenvalue weighted by atomic mass is 10.0. The predicted molar refractivity (Wildman–Crippen MR) is 163 cm³/mol. The Morgan fingerprint density at radius 2 is 1.88 bits per heavy atom. The van der Waals surface area contributed by atoms with Gasteiger partial charge >= 0.3 is 12.1 Å². The highest BCUT2D eigenvalue weighted by Gasteiger charge is 2.23. The van der Waals surface area contributed by atoms with Crippen molar-refractivity contribution in [2.75, 3.05) is 11.4 Å². The van der Waals surface area contributed by atoms with Crippen molar-refractivity contribution in [3.63, 3.8) is 0 Å². The molecule has 7 nitrogen and oxygen atoms in total. The van der Waals surface area contributed by atoms with Crippen molar-refractivity contribution in [3.05, 3.63) is 69.1 Å². The molecule has 0 fully saturated rings. The number of hydrogen-bond donors (Lipinski definition) is 1. The Balaban J connectivity index is 1.74. The van der Waals surface area contributed by atoms with Crippen molar-refractivity contribution >= 4 is 62.6 Å². The number of aromatic nitrogens is 2. The van der Waals surface area contributed by atoms with Gasteiger partial charge < -0.3 is 14.7 Å². The van der Waals surface area contributed by atoms with Crippen LogP contribution >= 0.6 is 34.5 Å². The van der Waals surface area contributed by atoms with E-state index in [2.05, 4.69) is 13.8 Å². The minimum absolute atomic E-state index is 0.0455. The predicted octanol–water partition coefficient (Wildman–Crippen LogP) is 8.53. The van der Waals surface area contributed by atoms with Gasteiger partial charge in [0.2, 0.25) is 0 Å². The van der Waals surface area contributed by atoms with Crippen LogP contribution in [-0.2, 0) is 22.5 Å². The molecule has 0 aliphatic rings. The Kier molecular flexibility index (Phi) is 9.12. The number of carboxylic acid groups (broad SMARTS) is 1. The van der Waals surface area contributed by atoms with Gasteiger partial charge in [-0.15, -0.1) is 11.3 Å². The van der Waals surface area contributed by atoms with Crippen LogP contribution in [0.5, 0.6) is 0 Å². The van der Waals surface area contributed by atoms with E-state index in [-0.39, 0.29) is 13.0 Å². The second-order valence-electron chi connectivity index (χ2n) is 11.1. The van der Waals surface area contributed by atoms with Crippen LogP contribution in [0, 0.1) is 5.92 Å². The summed E-state index contributed by atoms with van der Waals surface area (Å²) in [5.74, 6) is -0.494. The summed E-state index contributed by atoms with van der Waals surface area (Å²) in [6.45, 7) is 10.5. The monoisotopic (exact) mass is 601 g/mol. The van der Waals surface area contributed by atoms with E-state index in [1.807, 2.05) is 62.1 Å². The van der Waals surface area contributed by atoms with Gasteiger partial charge in [-0.25, -0.2) is 9.78 Å². The van der Waals surface area contributed by atoms with Crippen LogP contribution in [-0.4, -0.2) is 38.9 Å². The number of aliphatic carboxylic acids is 1. The lowest BCUT2D eigenvalue weighted by molar-refractivity contribution is -0.136. The van der Waals surface area contributed by atoms with Gasteiger partial charge in [-0.05, 0) is 62.9 Å². The van der Waals surface area contributed by atoms with Gasteiger partial charge in [0.1, 0.15) is 5.60 Å². The van der Waals surface area contributed by atoms with Gasteiger partial charge in [0.05, 0.1) is 27.7 Å². The van der Waals surface area contributed by atoms with E-state index >= 15 is 0 Å². The number of halogens is 2. The SMILES string of the molecule is CC(C)Cc1sc(N(CCC(=O)O)Cc2cccc3c2ccn3C(=O)OC(C)(C)C)nc1-c1ccc(Cl)c(Cl)c1. The van der Waals surface area contributed by atoms with Gasteiger partial charge in [-0.3, -0.25) is 9.36 Å². The largest absolute Gasteiger partial charge is 0.481 e. The second kappa shape index (κ2) is 12.2. The van der Waals surface area contributed by atoms with E-state index in [0.717, 1.165) is 44.2 Å². The molecule has 10 heteroatoms. The third kappa shape index (κ3) is 7.16. The molecule has 40 heavy (non-hydrogen) atoms. The van der Waals surface area contributed by atoms with Gasteiger partial charge in [0.15, 0.2) is 5.13 Å². The highest BCUT2D eigenvalue weighted by Crippen LogP contribution is 2.38. The third-order valence-electron chi connectivity index (χ3n) is 6.11. The van der Waals surface area contributed by atoms with E-state index in [1.165, 1.54) is 4.57 Å². The first-order valence-electron chi connectivity index (χ1n) is 13.1. The van der Waals surface area contributed by atoms with Crippen LogP contribution < -0.4 is 4.90 Å². The zero-order valence-electron chi connectivity index (χ0n) is 23.2. The summed E-state index contributed by atoms with van der Waals surface area (Å²) in [6.07, 6.45) is 2.02. The lowest BCUT2D eigenvalue weighted by Crippen LogP contribution is -2.27. The zero-order chi connectivity index (χ0) is 29.2. The molecule has 0 radical (unpaired) electrons. The van der Waals surface area contributed by atoms with Crippen molar-refractivity contribution in [1.82, 2.24) is 9.55 Å². The third-order valence-corrected chi connectivity index (χ3v) is 7.99. The Morgan fingerprint density at radius 1 is 1.12 bits per heavy atom. The minimum atomic E-state index is -0.886. The molecule has 2 aromatic carbocycles. The van der Waals surface area contributed by atoms with Crippen molar-refractivity contribution in [1.29, 1.82) is 0 Å². The molecule has 2 heterocycles. The summed E-state index contributed by atoms with van der Waals surface area (Å²) in [7, 11) is 0. The molecule has 0 saturated heterocycles. The number of carbonyl (C=O) groups is 2. The highest BCUT2D eigenvalue weighted by molar-refractivity contribution is 7.16. The lowest BCUT2D eigenvalue weighted by Gasteiger charge is -2.22. The van der Waals surface area contributed by atoms with Gasteiger partial charge in [0, 0.05) is 35.1 Å². The molecule has 0 aliphatic carbocycles. The molecule has 0 spiro atoms. The fourth-order valence-electron chi connectivity index (χ4n) is 4.37. The number of nitrogens with zero attached hydrogens (tertiary/aromatic N) is 3. The van der Waals surface area contributed by atoms with E-state index in [1.54, 1.807) is 23.6 Å². The molecule has 0 aliphatic heterocycles. The zero-order valence-corrected chi connectivity index (χ0v) is 25.5. The summed E-state index contributed by atoms with van der Waals surface area (Å²) in [5.41, 5.74) is 2.73. The molecule has 212 valence electrons. The van der Waals surface area contributed by atoms with Gasteiger partial charge in [-0.1, -0.05) is 55.2 Å². The Hall–Kier alpha value is -3.07. The fourth-order valence-corrected chi connectivity index (χ4v) is 5.99. The first-order chi connectivity index (χ1) is 18.8. The molecule has 4 aromatic rings. The molecule has 4 rings (SSSR count). The molecule has 0 saturated carbocycles. The molecular formula is C30H33Cl2N3O4S. The number of ether oxygens (including phenoxy) is 1. The normalized spacial score (nSPS) is 11.8. The number of hydrogen-bond acceptors (Lipinski definition) is 6. The minimum Gasteiger partial charge on any atom is -0.481 e. The van der Waals surface area contributed by atoms with Crippen LogP contribution in [0.1, 0.15) is 51.5 Å². The van der Waals surface area contributed by atoms with Gasteiger partial charge in [0.25, 0.3) is 0 Å². The average Bonchev–Trinajstić information content (AvgIpc) is 3.47. The van der Waals surface area contributed by atoms with Crippen LogP contribution in [0.15, 0.2) is 48.7 Å². The van der Waals surface area contributed by atoms with Crippen molar-refractivity contribution in [2.24, 2.45) is 5.92 Å². The highest BCUT2D eigenvalue weighted by atomic mass is 35.5. The number of thiazole rings is 1. The van der Waals surface area contributed by atoms with Gasteiger partial charge in [-0.2, -0.15) is 0 Å². The summed E-state index contributed by atoms with van der Waals surface area (Å²) in [5, 5.41) is 12.0. The van der Waals surface area contributed by atoms with Crippen molar-refractivity contribution in [2.45, 2.75) is 59.6 Å². The first-order valence-corrected chi connectivity index (χ1v) is 14.6. The topological polar surface area (TPSA) is 84.7 Å². The molecular weight excluding hydrogens is 569 g/mol. The van der Waals surface area contributed by atoms with Crippen molar-refractivity contribution < 1.29 is 19.4 Å². The van der Waals surface area contributed by atoms with E-state index in [4.69, 9.17) is 32.9 Å². The summed E-state index contributed by atoms with van der Waals surface area (Å²) >= 11 is 14.1. The Labute approximate surface area is 248 Å². The summed E-state index contributed by atoms with van der Waals surface area (Å²) < 4.78 is 7.07. The maximum absolute atomic E-state index is 12.8. The number of benzene rings is 2. The Bertz CT molecular complexity index is 1540. The van der Waals surface area contributed by atoms with E-state index < -0.39 is 17.7 Å². The second-order valence-corrected chi connectivity index (χ2v) is 13.0. The fraction of sp³-hybridized carbons (Fsp3) is 0.367. The molecule has 0 amide bonds. The number of carboxylic acids is 1. The number of carbonyl (C=O) groups excluding carboxylic acids is 1. The summed E-state index contributed by atoms with van der Waals surface area (Å²) in [4.78, 5) is 32.5. The molecule has 0 atom stereocenters. The van der Waals surface area contributed by atoms with Crippen molar-refractivity contribution in [3.8, 4) is 11.3 Å². The molecule has 2 aromatic heterocycles. The van der Waals surface area contributed by atoms with Crippen LogP contribution in [0.25, 0.3) is 22.2 Å². The maximum Gasteiger partial charge on any atom is 0.418 e. The molecule has 0 unspecified atom stereocenters. The quantitative estimate of drug-likeness (QED) is 0.207. The van der Waals surface area contributed by atoms with E-state index in [0.29, 0.717) is 22.5 Å². The number of fused-ring (bicyclic) bond motifs is 1. The average molecular weight is 603 g/mol. The summed E-state index contributed by atoms with van der Waals surface area (Å²) in [6, 6.07) is 13.1. The first kappa shape index (κ1) is 29.9. The standard InChI is InChI=1S/C30H33Cl2N3O4S/c1-18(2)15-25-27(19-9-10-22(31)23(32)16-19)33-28(40-25)34(13-12-26(36)37)17-20-7-6-8-24-21(20)11-14-35(24)29(38)39-30(3,4)5/h6-11,14,16,18H,12-13,15,17H2,1-5H3,(H,36,37). The van der Waals surface area contributed by atoms with Crippen LogP contribution in [0.3, 0.4) is 0 Å². The number of rotatable bonds is 9. The Morgan fingerprint density at radius 3 is 2.52 bits per heavy atom.